The molecule has 4 N–H and O–H groups in total. The Morgan fingerprint density at radius 2 is 1.77 bits per heavy atom. The first kappa shape index (κ1) is 30.6. The Morgan fingerprint density at radius 1 is 1.05 bits per heavy atom. The standard InChI is InChI=1S/C29H31Cl3N2O6/c1-34(16-25(37)20-4-3-7-23(36)13-20)15-24-14-26(19-10-8-18(17-35)9-11-19)40-27(39-24)21-5-2-6-22(12-21)33-28(38)29(30,31)32/h2-13,24-27,35-37H,14-17H2,1H3,(H,33,38)/t24-,25+,26+,27+/m0/s1. The van der Waals surface area contributed by atoms with E-state index in [-0.39, 0.29) is 24.6 Å². The molecule has 1 fully saturated rings. The molecule has 0 radical (unpaired) electrons. The first-order valence-electron chi connectivity index (χ1n) is 12.7. The molecule has 4 atom stereocenters. The number of phenols is 1. The van der Waals surface area contributed by atoms with Crippen LogP contribution in [0.15, 0.2) is 72.8 Å². The molecule has 40 heavy (non-hydrogen) atoms. The van der Waals surface area contributed by atoms with Gasteiger partial charge in [0.2, 0.25) is 0 Å². The number of amides is 1. The van der Waals surface area contributed by atoms with Gasteiger partial charge in [-0.25, -0.2) is 0 Å². The Labute approximate surface area is 248 Å². The van der Waals surface area contributed by atoms with Crippen LogP contribution >= 0.6 is 34.8 Å². The molecule has 1 saturated heterocycles. The van der Waals surface area contributed by atoms with E-state index in [9.17, 15) is 20.1 Å². The average molecular weight is 610 g/mol. The van der Waals surface area contributed by atoms with E-state index in [4.69, 9.17) is 44.3 Å². The van der Waals surface area contributed by atoms with Crippen LogP contribution in [0.5, 0.6) is 5.75 Å². The summed E-state index contributed by atoms with van der Waals surface area (Å²) < 4.78 is 10.6. The molecule has 11 heteroatoms. The zero-order chi connectivity index (χ0) is 28.9. The Balaban J connectivity index is 1.52. The van der Waals surface area contributed by atoms with Gasteiger partial charge in [0, 0.05) is 30.8 Å². The van der Waals surface area contributed by atoms with Gasteiger partial charge in [-0.3, -0.25) is 4.79 Å². The summed E-state index contributed by atoms with van der Waals surface area (Å²) in [5.74, 6) is -0.691. The van der Waals surface area contributed by atoms with Gasteiger partial charge in [0.05, 0.1) is 24.9 Å². The van der Waals surface area contributed by atoms with Crippen molar-refractivity contribution in [2.24, 2.45) is 0 Å². The fourth-order valence-electron chi connectivity index (χ4n) is 4.55. The molecule has 3 aromatic carbocycles. The van der Waals surface area contributed by atoms with Crippen molar-refractivity contribution in [1.82, 2.24) is 4.90 Å². The smallest absolute Gasteiger partial charge is 0.276 e. The highest BCUT2D eigenvalue weighted by molar-refractivity contribution is 6.76. The summed E-state index contributed by atoms with van der Waals surface area (Å²) in [6, 6.07) is 21.0. The predicted octanol–water partition coefficient (Wildman–Crippen LogP) is 5.40. The number of nitrogens with one attached hydrogen (secondary N) is 1. The van der Waals surface area contributed by atoms with Gasteiger partial charge in [0.25, 0.3) is 9.70 Å². The Morgan fingerprint density at radius 3 is 2.45 bits per heavy atom. The third-order valence-electron chi connectivity index (χ3n) is 6.54. The van der Waals surface area contributed by atoms with Crippen molar-refractivity contribution in [2.75, 3.05) is 25.5 Å². The van der Waals surface area contributed by atoms with Crippen LogP contribution in [0, 0.1) is 0 Å². The van der Waals surface area contributed by atoms with Crippen molar-refractivity contribution < 1.29 is 29.6 Å². The van der Waals surface area contributed by atoms with Crippen molar-refractivity contribution in [1.29, 1.82) is 0 Å². The molecule has 0 aromatic heterocycles. The second-order valence-corrected chi connectivity index (χ2v) is 12.0. The van der Waals surface area contributed by atoms with Gasteiger partial charge in [-0.05, 0) is 48.0 Å². The second kappa shape index (κ2) is 13.5. The van der Waals surface area contributed by atoms with Crippen LogP contribution in [-0.4, -0.2) is 56.2 Å². The maximum Gasteiger partial charge on any atom is 0.276 e. The van der Waals surface area contributed by atoms with E-state index < -0.39 is 22.1 Å². The summed E-state index contributed by atoms with van der Waals surface area (Å²) in [6.07, 6.45) is -1.61. The molecule has 0 spiro atoms. The van der Waals surface area contributed by atoms with Crippen molar-refractivity contribution >= 4 is 46.4 Å². The number of aromatic hydroxyl groups is 1. The number of benzene rings is 3. The number of rotatable bonds is 9. The normalized spacial score (nSPS) is 20.3. The molecule has 0 aliphatic carbocycles. The Bertz CT molecular complexity index is 1290. The number of anilines is 1. The molecule has 1 amide bonds. The van der Waals surface area contributed by atoms with Crippen LogP contribution in [-0.2, 0) is 20.9 Å². The second-order valence-electron chi connectivity index (χ2n) is 9.76. The van der Waals surface area contributed by atoms with Gasteiger partial charge < -0.3 is 35.0 Å². The molecule has 0 unspecified atom stereocenters. The first-order chi connectivity index (χ1) is 19.0. The molecular formula is C29H31Cl3N2O6. The quantitative estimate of drug-likeness (QED) is 0.240. The van der Waals surface area contributed by atoms with Gasteiger partial charge in [0.1, 0.15) is 5.75 Å². The van der Waals surface area contributed by atoms with E-state index in [1.54, 1.807) is 42.5 Å². The van der Waals surface area contributed by atoms with Crippen LogP contribution in [0.3, 0.4) is 0 Å². The number of nitrogens with zero attached hydrogens (tertiary/aromatic N) is 1. The van der Waals surface area contributed by atoms with Crippen molar-refractivity contribution in [3.05, 3.63) is 95.1 Å². The minimum Gasteiger partial charge on any atom is -0.508 e. The highest BCUT2D eigenvalue weighted by Gasteiger charge is 2.34. The predicted molar refractivity (Wildman–Crippen MR) is 154 cm³/mol. The van der Waals surface area contributed by atoms with Crippen LogP contribution < -0.4 is 5.32 Å². The molecule has 0 saturated carbocycles. The number of phenolic OH excluding ortho intramolecular Hbond substituents is 1. The van der Waals surface area contributed by atoms with E-state index in [0.29, 0.717) is 36.3 Å². The SMILES string of the molecule is CN(C[C@@H]1C[C@H](c2ccc(CO)cc2)O[C@H](c2cccc(NC(=O)C(Cl)(Cl)Cl)c2)O1)C[C@@H](O)c1cccc(O)c1. The van der Waals surface area contributed by atoms with E-state index >= 15 is 0 Å². The molecule has 0 bridgehead atoms. The lowest BCUT2D eigenvalue weighted by Crippen LogP contribution is -2.39. The highest BCUT2D eigenvalue weighted by atomic mass is 35.6. The summed E-state index contributed by atoms with van der Waals surface area (Å²) in [5, 5.41) is 32.5. The minimum absolute atomic E-state index is 0.0564. The average Bonchev–Trinajstić information content (AvgIpc) is 2.92. The van der Waals surface area contributed by atoms with E-state index in [0.717, 1.165) is 11.1 Å². The zero-order valence-electron chi connectivity index (χ0n) is 21.7. The highest BCUT2D eigenvalue weighted by Crippen LogP contribution is 2.39. The number of hydrogen-bond acceptors (Lipinski definition) is 7. The molecule has 1 aliphatic rings. The van der Waals surface area contributed by atoms with Gasteiger partial charge in [-0.15, -0.1) is 0 Å². The van der Waals surface area contributed by atoms with E-state index in [1.165, 1.54) is 0 Å². The summed E-state index contributed by atoms with van der Waals surface area (Å²) in [7, 11) is 1.89. The van der Waals surface area contributed by atoms with Crippen LogP contribution in [0.2, 0.25) is 0 Å². The summed E-state index contributed by atoms with van der Waals surface area (Å²) >= 11 is 17.1. The maximum atomic E-state index is 12.2. The number of aliphatic hydroxyl groups excluding tert-OH is 2. The van der Waals surface area contributed by atoms with E-state index in [1.807, 2.05) is 42.3 Å². The molecule has 1 heterocycles. The number of alkyl halides is 3. The summed E-state index contributed by atoms with van der Waals surface area (Å²) in [5.41, 5.74) is 3.42. The molecule has 214 valence electrons. The number of halogens is 3. The van der Waals surface area contributed by atoms with Crippen molar-refractivity contribution in [3.63, 3.8) is 0 Å². The lowest BCUT2D eigenvalue weighted by atomic mass is 9.99. The largest absolute Gasteiger partial charge is 0.508 e. The number of aliphatic hydroxyl groups is 2. The topological polar surface area (TPSA) is 111 Å². The fraction of sp³-hybridized carbons (Fsp3) is 0.345. The summed E-state index contributed by atoms with van der Waals surface area (Å²) in [4.78, 5) is 14.1. The van der Waals surface area contributed by atoms with Crippen LogP contribution in [0.1, 0.15) is 47.2 Å². The Kier molecular flexibility index (Phi) is 10.3. The van der Waals surface area contributed by atoms with Gasteiger partial charge in [-0.2, -0.15) is 0 Å². The number of hydrogen-bond donors (Lipinski definition) is 4. The number of likely N-dealkylation sites (N-methyl/N-ethyl adjacent to an activating group) is 1. The monoisotopic (exact) mass is 608 g/mol. The third-order valence-corrected chi connectivity index (χ3v) is 7.06. The first-order valence-corrected chi connectivity index (χ1v) is 13.8. The van der Waals surface area contributed by atoms with Crippen molar-refractivity contribution in [3.8, 4) is 5.75 Å². The zero-order valence-corrected chi connectivity index (χ0v) is 24.0. The van der Waals surface area contributed by atoms with E-state index in [2.05, 4.69) is 5.32 Å². The lowest BCUT2D eigenvalue weighted by Gasteiger charge is -2.38. The van der Waals surface area contributed by atoms with Gasteiger partial charge >= 0.3 is 0 Å². The van der Waals surface area contributed by atoms with Gasteiger partial charge in [0.15, 0.2) is 6.29 Å². The van der Waals surface area contributed by atoms with Gasteiger partial charge in [-0.1, -0.05) is 83.3 Å². The number of carbonyl (C=O) groups is 1. The number of carbonyl (C=O) groups excluding carboxylic acids is 1. The van der Waals surface area contributed by atoms with Crippen LogP contribution in [0.4, 0.5) is 5.69 Å². The summed E-state index contributed by atoms with van der Waals surface area (Å²) in [6.45, 7) is 0.757. The van der Waals surface area contributed by atoms with Crippen LogP contribution in [0.25, 0.3) is 0 Å². The molecule has 3 aromatic rings. The Hall–Kier alpha value is -2.40. The molecule has 8 nitrogen and oxygen atoms in total. The van der Waals surface area contributed by atoms with Crippen molar-refractivity contribution in [2.45, 2.75) is 41.4 Å². The third kappa shape index (κ3) is 8.31. The number of ether oxygens (including phenoxy) is 2. The maximum absolute atomic E-state index is 12.2. The lowest BCUT2D eigenvalue weighted by molar-refractivity contribution is -0.252. The molecule has 1 aliphatic heterocycles. The fourth-order valence-corrected chi connectivity index (χ4v) is 4.69. The molecule has 4 rings (SSSR count). The minimum atomic E-state index is -2.11. The molecular weight excluding hydrogens is 579 g/mol.